The van der Waals surface area contributed by atoms with Crippen molar-refractivity contribution < 1.29 is 23.9 Å². The number of benzene rings is 1. The third kappa shape index (κ3) is 5.05. The second-order valence-electron chi connectivity index (χ2n) is 4.48. The van der Waals surface area contributed by atoms with Gasteiger partial charge >= 0.3 is 12.1 Å². The molecule has 9 nitrogen and oxygen atoms in total. The van der Waals surface area contributed by atoms with Gasteiger partial charge in [0.2, 0.25) is 0 Å². The minimum Gasteiger partial charge on any atom is -0.451 e. The standard InChI is InChI=1S/C15H14N4O5/c16-13-12(17-6-7-18-13)14(21)23-9-11(20)19-15(22)24-8-10-4-2-1-3-5-10/h1-7H,8-9H2,(H2,16,18)(H,19,20,22). The van der Waals surface area contributed by atoms with Crippen molar-refractivity contribution in [2.24, 2.45) is 0 Å². The van der Waals surface area contributed by atoms with Crippen molar-refractivity contribution in [3.05, 3.63) is 54.0 Å². The van der Waals surface area contributed by atoms with Crippen LogP contribution in [0.25, 0.3) is 0 Å². The number of hydrogen-bond donors (Lipinski definition) is 2. The van der Waals surface area contributed by atoms with Crippen molar-refractivity contribution in [2.75, 3.05) is 12.3 Å². The van der Waals surface area contributed by atoms with Crippen LogP contribution in [-0.2, 0) is 20.9 Å². The lowest BCUT2D eigenvalue weighted by atomic mass is 10.2. The molecule has 0 saturated carbocycles. The highest BCUT2D eigenvalue weighted by Gasteiger charge is 2.16. The molecule has 0 bridgehead atoms. The van der Waals surface area contributed by atoms with E-state index in [0.717, 1.165) is 5.56 Å². The molecule has 24 heavy (non-hydrogen) atoms. The van der Waals surface area contributed by atoms with Crippen LogP contribution in [0.1, 0.15) is 16.1 Å². The molecule has 0 spiro atoms. The van der Waals surface area contributed by atoms with Gasteiger partial charge in [-0.25, -0.2) is 19.6 Å². The maximum Gasteiger partial charge on any atom is 0.414 e. The van der Waals surface area contributed by atoms with Gasteiger partial charge in [-0.05, 0) is 5.56 Å². The van der Waals surface area contributed by atoms with E-state index in [4.69, 9.17) is 15.2 Å². The number of amides is 2. The number of aromatic nitrogens is 2. The van der Waals surface area contributed by atoms with E-state index in [2.05, 4.69) is 9.97 Å². The van der Waals surface area contributed by atoms with Crippen molar-refractivity contribution in [3.63, 3.8) is 0 Å². The minimum absolute atomic E-state index is 0.00980. The molecule has 0 fully saturated rings. The van der Waals surface area contributed by atoms with E-state index in [1.54, 1.807) is 24.3 Å². The highest BCUT2D eigenvalue weighted by Crippen LogP contribution is 2.04. The monoisotopic (exact) mass is 330 g/mol. The minimum atomic E-state index is -0.945. The van der Waals surface area contributed by atoms with Crippen molar-refractivity contribution >= 4 is 23.8 Å². The molecule has 1 aromatic carbocycles. The normalized spacial score (nSPS) is 9.83. The van der Waals surface area contributed by atoms with E-state index >= 15 is 0 Å². The second kappa shape index (κ2) is 8.22. The Morgan fingerprint density at radius 1 is 1.04 bits per heavy atom. The summed E-state index contributed by atoms with van der Waals surface area (Å²) in [6.07, 6.45) is 1.62. The molecular formula is C15H14N4O5. The van der Waals surface area contributed by atoms with Gasteiger partial charge < -0.3 is 15.2 Å². The third-order valence-corrected chi connectivity index (χ3v) is 2.71. The number of nitrogens with one attached hydrogen (secondary N) is 1. The Labute approximate surface area is 136 Å². The quantitative estimate of drug-likeness (QED) is 0.764. The number of imide groups is 1. The lowest BCUT2D eigenvalue weighted by molar-refractivity contribution is -0.123. The van der Waals surface area contributed by atoms with Crippen molar-refractivity contribution in [1.29, 1.82) is 0 Å². The van der Waals surface area contributed by atoms with E-state index in [1.165, 1.54) is 12.4 Å². The molecule has 0 saturated heterocycles. The van der Waals surface area contributed by atoms with Gasteiger partial charge in [0.15, 0.2) is 18.1 Å². The smallest absolute Gasteiger partial charge is 0.414 e. The van der Waals surface area contributed by atoms with Gasteiger partial charge in [0.25, 0.3) is 5.91 Å². The van der Waals surface area contributed by atoms with E-state index < -0.39 is 24.6 Å². The van der Waals surface area contributed by atoms with Gasteiger partial charge in [0, 0.05) is 12.4 Å². The first-order valence-electron chi connectivity index (χ1n) is 6.80. The molecule has 1 heterocycles. The fraction of sp³-hybridized carbons (Fsp3) is 0.133. The highest BCUT2D eigenvalue weighted by atomic mass is 16.6. The Hall–Kier alpha value is -3.49. The summed E-state index contributed by atoms with van der Waals surface area (Å²) in [6, 6.07) is 8.94. The Morgan fingerprint density at radius 2 is 1.75 bits per heavy atom. The number of carbonyl (C=O) groups excluding carboxylic acids is 3. The molecule has 3 N–H and O–H groups in total. The summed E-state index contributed by atoms with van der Waals surface area (Å²) >= 11 is 0. The topological polar surface area (TPSA) is 134 Å². The number of nitrogens with zero attached hydrogens (tertiary/aromatic N) is 2. The third-order valence-electron chi connectivity index (χ3n) is 2.71. The summed E-state index contributed by atoms with van der Waals surface area (Å²) in [5.41, 5.74) is 6.01. The molecule has 124 valence electrons. The lowest BCUT2D eigenvalue weighted by Crippen LogP contribution is -2.34. The van der Waals surface area contributed by atoms with Crippen LogP contribution in [0.4, 0.5) is 10.6 Å². The number of carbonyl (C=O) groups is 3. The van der Waals surface area contributed by atoms with Gasteiger partial charge in [-0.1, -0.05) is 30.3 Å². The summed E-state index contributed by atoms with van der Waals surface area (Å²) in [6.45, 7) is -0.675. The molecule has 1 aromatic heterocycles. The van der Waals surface area contributed by atoms with Crippen LogP contribution in [0, 0.1) is 0 Å². The number of ether oxygens (including phenoxy) is 2. The van der Waals surface area contributed by atoms with Crippen LogP contribution < -0.4 is 11.1 Å². The van der Waals surface area contributed by atoms with Gasteiger partial charge in [0.05, 0.1) is 0 Å². The average Bonchev–Trinajstić information content (AvgIpc) is 2.59. The maximum absolute atomic E-state index is 11.7. The summed E-state index contributed by atoms with van der Waals surface area (Å²) in [4.78, 5) is 42.0. The summed E-state index contributed by atoms with van der Waals surface area (Å²) in [5.74, 6) is -1.89. The zero-order chi connectivity index (χ0) is 17.4. The van der Waals surface area contributed by atoms with Gasteiger partial charge in [0.1, 0.15) is 6.61 Å². The van der Waals surface area contributed by atoms with Crippen LogP contribution >= 0.6 is 0 Å². The number of alkyl carbamates (subject to hydrolysis) is 1. The average molecular weight is 330 g/mol. The van der Waals surface area contributed by atoms with E-state index in [1.807, 2.05) is 11.4 Å². The van der Waals surface area contributed by atoms with Gasteiger partial charge in [-0.15, -0.1) is 0 Å². The van der Waals surface area contributed by atoms with Crippen LogP contribution in [0.2, 0.25) is 0 Å². The number of esters is 1. The van der Waals surface area contributed by atoms with Crippen LogP contribution in [0.5, 0.6) is 0 Å². The zero-order valence-corrected chi connectivity index (χ0v) is 12.5. The molecule has 2 aromatic rings. The number of anilines is 1. The fourth-order valence-corrected chi connectivity index (χ4v) is 1.61. The largest absolute Gasteiger partial charge is 0.451 e. The van der Waals surface area contributed by atoms with Crippen LogP contribution in [0.15, 0.2) is 42.7 Å². The first-order valence-corrected chi connectivity index (χ1v) is 6.80. The van der Waals surface area contributed by atoms with Crippen molar-refractivity contribution in [1.82, 2.24) is 15.3 Å². The fourth-order valence-electron chi connectivity index (χ4n) is 1.61. The molecule has 0 aliphatic carbocycles. The summed E-state index contributed by atoms with van der Waals surface area (Å²) in [7, 11) is 0. The predicted molar refractivity (Wildman–Crippen MR) is 81.5 cm³/mol. The first kappa shape index (κ1) is 16.9. The maximum atomic E-state index is 11.7. The number of rotatable bonds is 5. The lowest BCUT2D eigenvalue weighted by Gasteiger charge is -2.07. The van der Waals surface area contributed by atoms with Gasteiger partial charge in [-0.3, -0.25) is 10.1 Å². The molecule has 0 atom stereocenters. The molecule has 0 radical (unpaired) electrons. The summed E-state index contributed by atoms with van der Waals surface area (Å²) < 4.78 is 9.55. The second-order valence-corrected chi connectivity index (χ2v) is 4.48. The Kier molecular flexibility index (Phi) is 5.78. The summed E-state index contributed by atoms with van der Waals surface area (Å²) in [5, 5.41) is 1.93. The van der Waals surface area contributed by atoms with Crippen LogP contribution in [-0.4, -0.2) is 34.5 Å². The molecule has 0 unspecified atom stereocenters. The Morgan fingerprint density at radius 3 is 2.46 bits per heavy atom. The molecule has 9 heteroatoms. The number of hydrogen-bond acceptors (Lipinski definition) is 8. The van der Waals surface area contributed by atoms with E-state index in [-0.39, 0.29) is 18.1 Å². The first-order chi connectivity index (χ1) is 11.6. The number of nitrogens with two attached hydrogens (primary N) is 1. The SMILES string of the molecule is Nc1nccnc1C(=O)OCC(=O)NC(=O)OCc1ccccc1. The Balaban J connectivity index is 1.74. The zero-order valence-electron chi connectivity index (χ0n) is 12.5. The van der Waals surface area contributed by atoms with E-state index in [9.17, 15) is 14.4 Å². The van der Waals surface area contributed by atoms with Crippen LogP contribution in [0.3, 0.4) is 0 Å². The van der Waals surface area contributed by atoms with Crippen molar-refractivity contribution in [3.8, 4) is 0 Å². The molecular weight excluding hydrogens is 316 g/mol. The van der Waals surface area contributed by atoms with Crippen molar-refractivity contribution in [2.45, 2.75) is 6.61 Å². The molecule has 0 aliphatic heterocycles. The number of nitrogen functional groups attached to an aromatic ring is 1. The molecule has 0 aliphatic rings. The Bertz CT molecular complexity index is 736. The van der Waals surface area contributed by atoms with Gasteiger partial charge in [-0.2, -0.15) is 0 Å². The highest BCUT2D eigenvalue weighted by molar-refractivity contribution is 5.96. The molecule has 2 amide bonds. The van der Waals surface area contributed by atoms with E-state index in [0.29, 0.717) is 0 Å². The predicted octanol–water partition coefficient (Wildman–Crippen LogP) is 0.669. The molecule has 2 rings (SSSR count).